The second-order valence-corrected chi connectivity index (χ2v) is 14.2. The monoisotopic (exact) mass is 668 g/mol. The lowest BCUT2D eigenvalue weighted by atomic mass is 9.83. The summed E-state index contributed by atoms with van der Waals surface area (Å²) in [6.07, 6.45) is 10.5. The van der Waals surface area contributed by atoms with Gasteiger partial charge < -0.3 is 29.9 Å². The van der Waals surface area contributed by atoms with Gasteiger partial charge in [0.2, 0.25) is 0 Å². The number of phenolic OH excluding ortho intramolecular Hbond substituents is 4. The third kappa shape index (κ3) is 10.8. The zero-order valence-corrected chi connectivity index (χ0v) is 30.1. The molecular weight excluding hydrogens is 608 g/mol. The molecule has 0 saturated carbocycles. The summed E-state index contributed by atoms with van der Waals surface area (Å²) in [6, 6.07) is 6.63. The van der Waals surface area contributed by atoms with Crippen LogP contribution in [0.4, 0.5) is 0 Å². The first kappa shape index (κ1) is 39.0. The summed E-state index contributed by atoms with van der Waals surface area (Å²) in [5.41, 5.74) is 2.24. The summed E-state index contributed by atoms with van der Waals surface area (Å²) < 4.78 is 11.6. The molecule has 0 radical (unpaired) electrons. The Morgan fingerprint density at radius 2 is 0.917 bits per heavy atom. The Morgan fingerprint density at radius 1 is 0.604 bits per heavy atom. The van der Waals surface area contributed by atoms with E-state index in [2.05, 4.69) is 13.8 Å². The Hall–Kier alpha value is -3.42. The first-order chi connectivity index (χ1) is 22.9. The first-order valence-corrected chi connectivity index (χ1v) is 18.3. The van der Waals surface area contributed by atoms with Crippen molar-refractivity contribution in [2.75, 3.05) is 0 Å². The molecule has 0 spiro atoms. The molecule has 4 aliphatic rings. The van der Waals surface area contributed by atoms with E-state index in [1.807, 2.05) is 13.8 Å². The van der Waals surface area contributed by atoms with Crippen molar-refractivity contribution in [3.05, 3.63) is 46.5 Å². The second kappa shape index (κ2) is 18.9. The molecule has 0 aliphatic heterocycles. The molecule has 48 heavy (non-hydrogen) atoms. The number of hydrogen-bond acceptors (Lipinski definition) is 8. The molecule has 2 aromatic carbocycles. The molecule has 0 fully saturated rings. The molecule has 6 rings (SSSR count). The smallest absolute Gasteiger partial charge is 0.303 e. The third-order valence-electron chi connectivity index (χ3n) is 10.1. The maximum Gasteiger partial charge on any atom is 0.303 e. The Labute approximate surface area is 287 Å². The van der Waals surface area contributed by atoms with Gasteiger partial charge in [0.1, 0.15) is 35.2 Å². The number of carbonyl (C=O) groups is 2. The molecule has 4 N–H and O–H groups in total. The number of rotatable bonds is 8. The molecule has 0 aromatic heterocycles. The van der Waals surface area contributed by atoms with E-state index in [4.69, 9.17) is 9.47 Å². The number of ether oxygens (including phenoxy) is 2. The van der Waals surface area contributed by atoms with Crippen LogP contribution in [0.1, 0.15) is 178 Å². The number of benzene rings is 2. The van der Waals surface area contributed by atoms with Crippen LogP contribution in [0.3, 0.4) is 0 Å². The van der Waals surface area contributed by atoms with E-state index >= 15 is 0 Å². The van der Waals surface area contributed by atoms with Gasteiger partial charge in [-0.05, 0) is 86.5 Å². The van der Waals surface area contributed by atoms with Crippen LogP contribution in [0.2, 0.25) is 0 Å². The van der Waals surface area contributed by atoms with Gasteiger partial charge in [0.05, 0.1) is 0 Å². The normalized spacial score (nSPS) is 24.4. The lowest BCUT2D eigenvalue weighted by Gasteiger charge is -2.28. The topological polar surface area (TPSA) is 134 Å². The van der Waals surface area contributed by atoms with Gasteiger partial charge in [-0.15, -0.1) is 0 Å². The standard InChI is InChI=1S/C40H60O8/c1-7-9-17-29-19-13-11-15-25(3)40(48-28(6)42)32-23-35(45)38(36(46)24-32)30(18-10-8-2)20-14-12-16-26(4)39(47-27(5)41)31-21-33(43)37(29)34(44)22-31/h21-26,29-30,39-40,43-46H,7-20H2,1-6H3/t25-,26-,29-,30-,39+,40+/m0/s1. The zero-order valence-electron chi connectivity index (χ0n) is 30.1. The van der Waals surface area contributed by atoms with Crippen LogP contribution in [-0.2, 0) is 19.1 Å². The largest absolute Gasteiger partial charge is 0.508 e. The van der Waals surface area contributed by atoms with E-state index in [9.17, 15) is 30.0 Å². The fourth-order valence-electron chi connectivity index (χ4n) is 7.62. The quantitative estimate of drug-likeness (QED) is 0.204. The summed E-state index contributed by atoms with van der Waals surface area (Å²) in [5.74, 6) is -0.987. The van der Waals surface area contributed by atoms with Crippen LogP contribution in [0.15, 0.2) is 24.3 Å². The minimum Gasteiger partial charge on any atom is -0.508 e. The van der Waals surface area contributed by atoms with Gasteiger partial charge in [0.15, 0.2) is 0 Å². The highest BCUT2D eigenvalue weighted by molar-refractivity contribution is 5.67. The zero-order chi connectivity index (χ0) is 35.4. The predicted molar refractivity (Wildman–Crippen MR) is 188 cm³/mol. The van der Waals surface area contributed by atoms with Gasteiger partial charge in [-0.2, -0.15) is 0 Å². The SMILES string of the molecule is CCCC[C@H]1CCCC[C@H](C)[C@@H](OC(C)=O)c2cc(O)c(c(O)c2)[C@@H](CCCC)CCCC[C@H](C)[C@@H](OC(C)=O)c2cc(O)c1c(O)c2. The first-order valence-electron chi connectivity index (χ1n) is 18.3. The second-order valence-electron chi connectivity index (χ2n) is 14.2. The highest BCUT2D eigenvalue weighted by Crippen LogP contribution is 2.46. The molecule has 2 aromatic rings. The average Bonchev–Trinajstić information content (AvgIpc) is 3.01. The predicted octanol–water partition coefficient (Wildman–Crippen LogP) is 10.4. The van der Waals surface area contributed by atoms with E-state index in [0.717, 1.165) is 89.9 Å². The molecule has 0 amide bonds. The number of unbranched alkanes of at least 4 members (excludes halogenated alkanes) is 2. The van der Waals surface area contributed by atoms with E-state index in [1.54, 1.807) is 24.3 Å². The molecule has 0 heterocycles. The fourth-order valence-corrected chi connectivity index (χ4v) is 7.62. The molecular formula is C40H60O8. The highest BCUT2D eigenvalue weighted by Gasteiger charge is 2.30. The minimum atomic E-state index is -0.622. The summed E-state index contributed by atoms with van der Waals surface area (Å²) in [6.45, 7) is 11.0. The van der Waals surface area contributed by atoms with Crippen LogP contribution < -0.4 is 0 Å². The maximum atomic E-state index is 12.2. The number of phenols is 4. The van der Waals surface area contributed by atoms with Gasteiger partial charge in [0, 0.05) is 36.1 Å². The van der Waals surface area contributed by atoms with Crippen molar-refractivity contribution in [1.82, 2.24) is 0 Å². The van der Waals surface area contributed by atoms with Gasteiger partial charge in [-0.25, -0.2) is 0 Å². The lowest BCUT2D eigenvalue weighted by molar-refractivity contribution is -0.150. The number of esters is 2. The van der Waals surface area contributed by atoms with Gasteiger partial charge >= 0.3 is 11.9 Å². The minimum absolute atomic E-state index is 0.0299. The van der Waals surface area contributed by atoms with Crippen LogP contribution in [0.5, 0.6) is 23.0 Å². The summed E-state index contributed by atoms with van der Waals surface area (Å²) in [4.78, 5) is 24.4. The van der Waals surface area contributed by atoms with E-state index in [1.165, 1.54) is 13.8 Å². The van der Waals surface area contributed by atoms with Crippen LogP contribution >= 0.6 is 0 Å². The molecule has 8 heteroatoms. The van der Waals surface area contributed by atoms with Crippen molar-refractivity contribution in [2.24, 2.45) is 11.8 Å². The average molecular weight is 669 g/mol. The fraction of sp³-hybridized carbons (Fsp3) is 0.650. The lowest BCUT2D eigenvalue weighted by Crippen LogP contribution is -2.17. The Bertz CT molecular complexity index is 1190. The van der Waals surface area contributed by atoms with Crippen molar-refractivity contribution >= 4 is 11.9 Å². The van der Waals surface area contributed by atoms with Gasteiger partial charge in [-0.3, -0.25) is 9.59 Å². The molecule has 268 valence electrons. The summed E-state index contributed by atoms with van der Waals surface area (Å²) in [5, 5.41) is 45.3. The van der Waals surface area contributed by atoms with E-state index in [-0.39, 0.29) is 46.7 Å². The van der Waals surface area contributed by atoms with Crippen LogP contribution in [0, 0.1) is 11.8 Å². The summed E-state index contributed by atoms with van der Waals surface area (Å²) >= 11 is 0. The Morgan fingerprint density at radius 3 is 1.21 bits per heavy atom. The molecule has 0 saturated heterocycles. The van der Waals surface area contributed by atoms with E-state index < -0.39 is 24.1 Å². The highest BCUT2D eigenvalue weighted by atomic mass is 16.5. The Kier molecular flexibility index (Phi) is 15.4. The summed E-state index contributed by atoms with van der Waals surface area (Å²) in [7, 11) is 0. The number of hydrogen-bond donors (Lipinski definition) is 4. The molecule has 4 bridgehead atoms. The van der Waals surface area contributed by atoms with E-state index in [0.29, 0.717) is 22.3 Å². The molecule has 0 unspecified atom stereocenters. The van der Waals surface area contributed by atoms with Crippen molar-refractivity contribution < 1.29 is 39.5 Å². The molecule has 6 atom stereocenters. The number of carbonyl (C=O) groups excluding carboxylic acids is 2. The number of aromatic hydroxyl groups is 4. The molecule has 8 nitrogen and oxygen atoms in total. The maximum absolute atomic E-state index is 12.2. The molecule has 4 aliphatic carbocycles. The third-order valence-corrected chi connectivity index (χ3v) is 10.1. The van der Waals surface area contributed by atoms with Crippen molar-refractivity contribution in [3.8, 4) is 23.0 Å². The van der Waals surface area contributed by atoms with Crippen molar-refractivity contribution in [1.29, 1.82) is 0 Å². The van der Waals surface area contributed by atoms with Crippen molar-refractivity contribution in [3.63, 3.8) is 0 Å². The van der Waals surface area contributed by atoms with Crippen molar-refractivity contribution in [2.45, 2.75) is 155 Å². The Balaban J connectivity index is 2.04. The van der Waals surface area contributed by atoms with Crippen LogP contribution in [-0.4, -0.2) is 32.4 Å². The van der Waals surface area contributed by atoms with Gasteiger partial charge in [-0.1, -0.05) is 79.1 Å². The van der Waals surface area contributed by atoms with Gasteiger partial charge in [0.25, 0.3) is 0 Å². The van der Waals surface area contributed by atoms with Crippen LogP contribution in [0.25, 0.3) is 0 Å².